The maximum Gasteiger partial charge on any atom is 0.488 e. The Morgan fingerprint density at radius 3 is 2.82 bits per heavy atom. The minimum atomic E-state index is -1.49. The lowest BCUT2D eigenvalue weighted by atomic mass is 9.80. The molecule has 2 aromatic rings. The van der Waals surface area contributed by atoms with Crippen molar-refractivity contribution in [3.8, 4) is 12.3 Å². The molecule has 0 aliphatic carbocycles. The number of hydrogen-bond acceptors (Lipinski definition) is 3. The summed E-state index contributed by atoms with van der Waals surface area (Å²) < 4.78 is 5.59. The largest absolute Gasteiger partial charge is 0.488 e. The normalized spacial score (nSPS) is 10.9. The Kier molecular flexibility index (Phi) is 3.05. The number of terminal acetylenes is 1. The van der Waals surface area contributed by atoms with E-state index in [-0.39, 0.29) is 0 Å². The highest BCUT2D eigenvalue weighted by atomic mass is 16.4. The summed E-state index contributed by atoms with van der Waals surface area (Å²) in [6.45, 7) is 1.93. The third-order valence-corrected chi connectivity index (χ3v) is 2.63. The summed E-state index contributed by atoms with van der Waals surface area (Å²) in [7, 11) is -1.49. The van der Waals surface area contributed by atoms with Gasteiger partial charge in [-0.15, -0.1) is 6.42 Å². The number of hydrogen-bond donors (Lipinski definition) is 2. The second-order valence-corrected chi connectivity index (χ2v) is 3.72. The Morgan fingerprint density at radius 2 is 2.18 bits per heavy atom. The second-order valence-electron chi connectivity index (χ2n) is 3.72. The lowest BCUT2D eigenvalue weighted by molar-refractivity contribution is 0.425. The van der Waals surface area contributed by atoms with Gasteiger partial charge in [0.2, 0.25) is 0 Å². The van der Waals surface area contributed by atoms with Gasteiger partial charge in [-0.1, -0.05) is 18.1 Å². The molecular weight excluding hydrogens is 215 g/mol. The van der Waals surface area contributed by atoms with Crippen LogP contribution >= 0.6 is 0 Å². The molecular formula is C13H11BO3. The Bertz CT molecular complexity index is 617. The molecule has 0 unspecified atom stereocenters. The number of furan rings is 1. The highest BCUT2D eigenvalue weighted by Crippen LogP contribution is 2.25. The van der Waals surface area contributed by atoms with E-state index in [9.17, 15) is 0 Å². The first-order valence-corrected chi connectivity index (χ1v) is 5.15. The van der Waals surface area contributed by atoms with Crippen LogP contribution in [0.15, 0.2) is 28.7 Å². The molecule has 0 atom stereocenters. The molecule has 0 spiro atoms. The SMILES string of the molecule is C#CC=Cc1oc2cc(B(O)O)ccc2c1C. The van der Waals surface area contributed by atoms with Gasteiger partial charge in [0.1, 0.15) is 11.3 Å². The van der Waals surface area contributed by atoms with Crippen molar-refractivity contribution in [3.05, 3.63) is 35.6 Å². The molecule has 1 aromatic carbocycles. The summed E-state index contributed by atoms with van der Waals surface area (Å²) in [6.07, 6.45) is 8.41. The topological polar surface area (TPSA) is 53.6 Å². The van der Waals surface area contributed by atoms with Crippen LogP contribution in [0.2, 0.25) is 0 Å². The molecule has 0 saturated carbocycles. The second kappa shape index (κ2) is 4.50. The van der Waals surface area contributed by atoms with Gasteiger partial charge in [-0.05, 0) is 30.6 Å². The molecule has 17 heavy (non-hydrogen) atoms. The predicted molar refractivity (Wildman–Crippen MR) is 68.6 cm³/mol. The van der Waals surface area contributed by atoms with Crippen LogP contribution in [0, 0.1) is 19.3 Å². The van der Waals surface area contributed by atoms with Crippen LogP contribution in [-0.4, -0.2) is 17.2 Å². The molecule has 0 saturated heterocycles. The molecule has 0 fully saturated rings. The minimum Gasteiger partial charge on any atom is -0.456 e. The number of fused-ring (bicyclic) bond motifs is 1. The van der Waals surface area contributed by atoms with E-state index in [4.69, 9.17) is 20.9 Å². The van der Waals surface area contributed by atoms with Gasteiger partial charge in [-0.25, -0.2) is 0 Å². The van der Waals surface area contributed by atoms with Crippen LogP contribution in [0.3, 0.4) is 0 Å². The van der Waals surface area contributed by atoms with Gasteiger partial charge in [-0.2, -0.15) is 0 Å². The predicted octanol–water partition coefficient (Wildman–Crippen LogP) is 1.07. The van der Waals surface area contributed by atoms with Gasteiger partial charge in [-0.3, -0.25) is 0 Å². The molecule has 0 aliphatic heterocycles. The standard InChI is InChI=1S/C13H11BO3/c1-3-4-5-12-9(2)11-7-6-10(14(15)16)8-13(11)17-12/h1,4-8,15-16H,2H3. The lowest BCUT2D eigenvalue weighted by Gasteiger charge is -1.97. The van der Waals surface area contributed by atoms with Gasteiger partial charge in [0.15, 0.2) is 0 Å². The molecule has 4 heteroatoms. The highest BCUT2D eigenvalue weighted by Gasteiger charge is 2.14. The van der Waals surface area contributed by atoms with Crippen LogP contribution < -0.4 is 5.46 Å². The number of allylic oxidation sites excluding steroid dienone is 1. The van der Waals surface area contributed by atoms with Gasteiger partial charge in [0.05, 0.1) is 0 Å². The molecule has 2 rings (SSSR count). The van der Waals surface area contributed by atoms with Crippen molar-refractivity contribution in [1.29, 1.82) is 0 Å². The van der Waals surface area contributed by atoms with Crippen LogP contribution in [0.5, 0.6) is 0 Å². The Hall–Kier alpha value is -1.96. The molecule has 0 aliphatic rings. The van der Waals surface area contributed by atoms with E-state index < -0.39 is 7.12 Å². The summed E-state index contributed by atoms with van der Waals surface area (Å²) in [6, 6.07) is 5.07. The summed E-state index contributed by atoms with van der Waals surface area (Å²) >= 11 is 0. The average Bonchev–Trinajstić information content (AvgIpc) is 2.63. The number of rotatable bonds is 2. The zero-order valence-electron chi connectivity index (χ0n) is 9.34. The molecule has 0 amide bonds. The van der Waals surface area contributed by atoms with Crippen LogP contribution in [0.1, 0.15) is 11.3 Å². The van der Waals surface area contributed by atoms with Crippen molar-refractivity contribution in [1.82, 2.24) is 0 Å². The van der Waals surface area contributed by atoms with Crippen LogP contribution in [0.25, 0.3) is 17.0 Å². The highest BCUT2D eigenvalue weighted by molar-refractivity contribution is 6.58. The first kappa shape index (κ1) is 11.5. The first-order valence-electron chi connectivity index (χ1n) is 5.15. The van der Waals surface area contributed by atoms with Crippen molar-refractivity contribution in [2.45, 2.75) is 6.92 Å². The zero-order chi connectivity index (χ0) is 12.4. The molecule has 2 N–H and O–H groups in total. The van der Waals surface area contributed by atoms with Crippen molar-refractivity contribution < 1.29 is 14.5 Å². The molecule has 0 bridgehead atoms. The summed E-state index contributed by atoms with van der Waals surface area (Å²) in [4.78, 5) is 0. The van der Waals surface area contributed by atoms with Crippen LogP contribution in [0.4, 0.5) is 0 Å². The molecule has 1 heterocycles. The lowest BCUT2D eigenvalue weighted by Crippen LogP contribution is -2.29. The monoisotopic (exact) mass is 226 g/mol. The first-order chi connectivity index (χ1) is 8.13. The Morgan fingerprint density at radius 1 is 1.41 bits per heavy atom. The fourth-order valence-corrected chi connectivity index (χ4v) is 1.70. The van der Waals surface area contributed by atoms with E-state index in [0.717, 1.165) is 10.9 Å². The fourth-order valence-electron chi connectivity index (χ4n) is 1.70. The molecule has 1 aromatic heterocycles. The quantitative estimate of drug-likeness (QED) is 0.594. The molecule has 84 valence electrons. The van der Waals surface area contributed by atoms with Gasteiger partial charge < -0.3 is 14.5 Å². The van der Waals surface area contributed by atoms with Gasteiger partial charge >= 0.3 is 7.12 Å². The third-order valence-electron chi connectivity index (χ3n) is 2.63. The third kappa shape index (κ3) is 2.11. The van der Waals surface area contributed by atoms with E-state index in [1.54, 1.807) is 30.4 Å². The van der Waals surface area contributed by atoms with E-state index in [1.807, 2.05) is 6.92 Å². The summed E-state index contributed by atoms with van der Waals surface area (Å²) in [5.74, 6) is 3.08. The maximum absolute atomic E-state index is 9.07. The van der Waals surface area contributed by atoms with E-state index in [0.29, 0.717) is 16.8 Å². The van der Waals surface area contributed by atoms with E-state index >= 15 is 0 Å². The minimum absolute atomic E-state index is 0.402. The van der Waals surface area contributed by atoms with Crippen molar-refractivity contribution in [2.75, 3.05) is 0 Å². The maximum atomic E-state index is 9.07. The average molecular weight is 226 g/mol. The molecule has 3 nitrogen and oxygen atoms in total. The smallest absolute Gasteiger partial charge is 0.456 e. The summed E-state index contributed by atoms with van der Waals surface area (Å²) in [5, 5.41) is 19.1. The van der Waals surface area contributed by atoms with Crippen molar-refractivity contribution in [2.24, 2.45) is 0 Å². The Balaban J connectivity index is 2.58. The van der Waals surface area contributed by atoms with Gasteiger partial charge in [0, 0.05) is 10.9 Å². The van der Waals surface area contributed by atoms with Crippen molar-refractivity contribution in [3.63, 3.8) is 0 Å². The fraction of sp³-hybridized carbons (Fsp3) is 0.0769. The zero-order valence-corrected chi connectivity index (χ0v) is 9.34. The van der Waals surface area contributed by atoms with Gasteiger partial charge in [0.25, 0.3) is 0 Å². The van der Waals surface area contributed by atoms with E-state index in [1.165, 1.54) is 0 Å². The molecule has 0 radical (unpaired) electrons. The number of aryl methyl sites for hydroxylation is 1. The van der Waals surface area contributed by atoms with Crippen LogP contribution in [-0.2, 0) is 0 Å². The summed E-state index contributed by atoms with van der Waals surface area (Å²) in [5.41, 5.74) is 1.99. The number of benzene rings is 1. The Labute approximate surface area is 99.5 Å². The van der Waals surface area contributed by atoms with Crippen molar-refractivity contribution >= 4 is 29.6 Å². The van der Waals surface area contributed by atoms with E-state index in [2.05, 4.69) is 5.92 Å².